The molecule has 0 aliphatic heterocycles. The van der Waals surface area contributed by atoms with Gasteiger partial charge in [-0.2, -0.15) is 0 Å². The predicted octanol–water partition coefficient (Wildman–Crippen LogP) is 3.64. The molecule has 1 aromatic rings. The first kappa shape index (κ1) is 14.8. The Kier molecular flexibility index (Phi) is 5.48. The molecule has 3 nitrogen and oxygen atoms in total. The van der Waals surface area contributed by atoms with Crippen LogP contribution in [0.4, 0.5) is 0 Å². The van der Waals surface area contributed by atoms with Crippen LogP contribution >= 0.6 is 11.6 Å². The van der Waals surface area contributed by atoms with E-state index in [-0.39, 0.29) is 5.78 Å². The van der Waals surface area contributed by atoms with Crippen molar-refractivity contribution < 1.29 is 14.3 Å². The van der Waals surface area contributed by atoms with Crippen molar-refractivity contribution in [3.05, 3.63) is 23.3 Å². The molecule has 1 aromatic carbocycles. The second-order valence-electron chi connectivity index (χ2n) is 4.31. The van der Waals surface area contributed by atoms with Crippen molar-refractivity contribution in [1.29, 1.82) is 0 Å². The number of rotatable bonds is 6. The Morgan fingerprint density at radius 1 is 1.22 bits per heavy atom. The molecule has 0 radical (unpaired) electrons. The molecule has 0 N–H and O–H groups in total. The normalized spacial score (nSPS) is 10.6. The number of hydrogen-bond donors (Lipinski definition) is 0. The molecule has 1 rings (SSSR count). The van der Waals surface area contributed by atoms with Gasteiger partial charge in [0.2, 0.25) is 0 Å². The highest BCUT2D eigenvalue weighted by Crippen LogP contribution is 2.34. The van der Waals surface area contributed by atoms with Crippen LogP contribution < -0.4 is 9.47 Å². The van der Waals surface area contributed by atoms with Gasteiger partial charge in [-0.05, 0) is 18.1 Å². The molecular formula is C14H19ClO3. The van der Waals surface area contributed by atoms with Crippen LogP contribution in [0.1, 0.15) is 42.1 Å². The van der Waals surface area contributed by atoms with Crippen LogP contribution in [0.3, 0.4) is 0 Å². The standard InChI is InChI=1S/C14H19ClO3/c1-9(2)10-7-14(18-4)11(8-13(10)17-3)12(16)5-6-15/h7-9H,5-6H2,1-4H3. The average Bonchev–Trinajstić information content (AvgIpc) is 2.37. The lowest BCUT2D eigenvalue weighted by atomic mass is 9.97. The van der Waals surface area contributed by atoms with Crippen molar-refractivity contribution >= 4 is 17.4 Å². The fourth-order valence-electron chi connectivity index (χ4n) is 1.81. The monoisotopic (exact) mass is 270 g/mol. The Hall–Kier alpha value is -1.22. The first-order valence-corrected chi connectivity index (χ1v) is 6.43. The minimum absolute atomic E-state index is 0.0320. The van der Waals surface area contributed by atoms with Crippen LogP contribution in [0.2, 0.25) is 0 Å². The molecule has 0 fully saturated rings. The molecule has 0 aromatic heterocycles. The molecule has 0 aliphatic carbocycles. The maximum absolute atomic E-state index is 12.0. The number of halogens is 1. The van der Waals surface area contributed by atoms with E-state index >= 15 is 0 Å². The van der Waals surface area contributed by atoms with Gasteiger partial charge in [-0.3, -0.25) is 4.79 Å². The zero-order valence-corrected chi connectivity index (χ0v) is 12.0. The summed E-state index contributed by atoms with van der Waals surface area (Å²) in [6, 6.07) is 3.61. The topological polar surface area (TPSA) is 35.5 Å². The Labute approximate surface area is 113 Å². The zero-order valence-electron chi connectivity index (χ0n) is 11.2. The van der Waals surface area contributed by atoms with Gasteiger partial charge in [0.1, 0.15) is 11.5 Å². The van der Waals surface area contributed by atoms with Gasteiger partial charge in [-0.1, -0.05) is 13.8 Å². The van der Waals surface area contributed by atoms with Gasteiger partial charge >= 0.3 is 0 Å². The lowest BCUT2D eigenvalue weighted by Crippen LogP contribution is -2.05. The molecule has 100 valence electrons. The third-order valence-electron chi connectivity index (χ3n) is 2.80. The van der Waals surface area contributed by atoms with E-state index in [2.05, 4.69) is 13.8 Å². The lowest BCUT2D eigenvalue weighted by Gasteiger charge is -2.16. The van der Waals surface area contributed by atoms with E-state index in [0.29, 0.717) is 35.3 Å². The van der Waals surface area contributed by atoms with E-state index in [1.54, 1.807) is 20.3 Å². The first-order chi connectivity index (χ1) is 8.54. The fourth-order valence-corrected chi connectivity index (χ4v) is 1.98. The van der Waals surface area contributed by atoms with Gasteiger partial charge in [0.05, 0.1) is 19.8 Å². The Balaban J connectivity index is 3.30. The number of hydrogen-bond acceptors (Lipinski definition) is 3. The average molecular weight is 271 g/mol. The number of alkyl halides is 1. The highest BCUT2D eigenvalue weighted by atomic mass is 35.5. The summed E-state index contributed by atoms with van der Waals surface area (Å²) < 4.78 is 10.6. The largest absolute Gasteiger partial charge is 0.496 e. The zero-order chi connectivity index (χ0) is 13.7. The lowest BCUT2D eigenvalue weighted by molar-refractivity contribution is 0.0986. The molecule has 0 atom stereocenters. The third kappa shape index (κ3) is 3.16. The van der Waals surface area contributed by atoms with Gasteiger partial charge < -0.3 is 9.47 Å². The summed E-state index contributed by atoms with van der Waals surface area (Å²) in [6.45, 7) is 4.13. The summed E-state index contributed by atoms with van der Waals surface area (Å²) >= 11 is 5.60. The number of ether oxygens (including phenoxy) is 2. The van der Waals surface area contributed by atoms with Crippen molar-refractivity contribution in [3.63, 3.8) is 0 Å². The Morgan fingerprint density at radius 3 is 2.28 bits per heavy atom. The number of ketones is 1. The summed E-state index contributed by atoms with van der Waals surface area (Å²) in [4.78, 5) is 12.0. The minimum Gasteiger partial charge on any atom is -0.496 e. The fraction of sp³-hybridized carbons (Fsp3) is 0.500. The molecule has 0 amide bonds. The number of carbonyl (C=O) groups excluding carboxylic acids is 1. The molecule has 0 unspecified atom stereocenters. The molecular weight excluding hydrogens is 252 g/mol. The van der Waals surface area contributed by atoms with E-state index < -0.39 is 0 Å². The quantitative estimate of drug-likeness (QED) is 0.585. The van der Waals surface area contributed by atoms with Gasteiger partial charge in [-0.15, -0.1) is 11.6 Å². The summed E-state index contributed by atoms with van der Waals surface area (Å²) in [7, 11) is 3.16. The molecule has 0 bridgehead atoms. The second-order valence-corrected chi connectivity index (χ2v) is 4.69. The van der Waals surface area contributed by atoms with E-state index in [1.807, 2.05) is 6.07 Å². The van der Waals surface area contributed by atoms with Crippen molar-refractivity contribution in [3.8, 4) is 11.5 Å². The predicted molar refractivity (Wildman–Crippen MR) is 73.3 cm³/mol. The van der Waals surface area contributed by atoms with E-state index in [1.165, 1.54) is 0 Å². The maximum Gasteiger partial charge on any atom is 0.167 e. The summed E-state index contributed by atoms with van der Waals surface area (Å²) in [6.07, 6.45) is 0.294. The van der Waals surface area contributed by atoms with Gasteiger partial charge in [0, 0.05) is 17.9 Å². The van der Waals surface area contributed by atoms with Crippen LogP contribution in [-0.2, 0) is 0 Å². The molecule has 0 aliphatic rings. The van der Waals surface area contributed by atoms with Gasteiger partial charge in [0.25, 0.3) is 0 Å². The molecule has 18 heavy (non-hydrogen) atoms. The number of Topliss-reactive ketones (excluding diaryl/α,β-unsaturated/α-hetero) is 1. The first-order valence-electron chi connectivity index (χ1n) is 5.90. The van der Waals surface area contributed by atoms with Crippen molar-refractivity contribution in [2.24, 2.45) is 0 Å². The summed E-state index contributed by atoms with van der Waals surface area (Å²) in [5.74, 6) is 1.86. The van der Waals surface area contributed by atoms with Crippen LogP contribution in [-0.4, -0.2) is 25.9 Å². The smallest absolute Gasteiger partial charge is 0.167 e. The molecule has 4 heteroatoms. The van der Waals surface area contributed by atoms with Crippen LogP contribution in [0.25, 0.3) is 0 Å². The van der Waals surface area contributed by atoms with E-state index in [0.717, 1.165) is 5.56 Å². The third-order valence-corrected chi connectivity index (χ3v) is 2.98. The molecule has 0 saturated heterocycles. The van der Waals surface area contributed by atoms with Crippen molar-refractivity contribution in [2.75, 3.05) is 20.1 Å². The van der Waals surface area contributed by atoms with Crippen molar-refractivity contribution in [1.82, 2.24) is 0 Å². The van der Waals surface area contributed by atoms with E-state index in [4.69, 9.17) is 21.1 Å². The Bertz CT molecular complexity index is 427. The Morgan fingerprint density at radius 2 is 1.83 bits per heavy atom. The van der Waals surface area contributed by atoms with Crippen LogP contribution in [0, 0.1) is 0 Å². The van der Waals surface area contributed by atoms with Gasteiger partial charge in [-0.25, -0.2) is 0 Å². The summed E-state index contributed by atoms with van der Waals surface area (Å²) in [5, 5.41) is 0. The molecule has 0 heterocycles. The van der Waals surface area contributed by atoms with Gasteiger partial charge in [0.15, 0.2) is 5.78 Å². The molecule has 0 saturated carbocycles. The maximum atomic E-state index is 12.0. The molecule has 0 spiro atoms. The highest BCUT2D eigenvalue weighted by molar-refractivity contribution is 6.19. The van der Waals surface area contributed by atoms with E-state index in [9.17, 15) is 4.79 Å². The number of benzene rings is 1. The van der Waals surface area contributed by atoms with Crippen molar-refractivity contribution in [2.45, 2.75) is 26.2 Å². The second kappa shape index (κ2) is 6.64. The van der Waals surface area contributed by atoms with Crippen LogP contribution in [0.5, 0.6) is 11.5 Å². The SMILES string of the molecule is COc1cc(C(C)C)c(OC)cc1C(=O)CCCl. The summed E-state index contributed by atoms with van der Waals surface area (Å²) in [5.41, 5.74) is 1.55. The van der Waals surface area contributed by atoms with Crippen LogP contribution in [0.15, 0.2) is 12.1 Å². The number of carbonyl (C=O) groups is 1. The highest BCUT2D eigenvalue weighted by Gasteiger charge is 2.17. The minimum atomic E-state index is -0.0320. The number of methoxy groups -OCH3 is 2.